The van der Waals surface area contributed by atoms with Crippen LogP contribution in [0.3, 0.4) is 0 Å². The first kappa shape index (κ1) is 20.7. The van der Waals surface area contributed by atoms with Gasteiger partial charge in [-0.15, -0.1) is 0 Å². The topological polar surface area (TPSA) is 46.9 Å². The number of nitrogens with one attached hydrogen (secondary N) is 1. The normalized spacial score (nSPS) is 13.5. The third-order valence-electron chi connectivity index (χ3n) is 5.06. The largest absolute Gasteiger partial charge is 0.352 e. The molecule has 1 amide bonds. The van der Waals surface area contributed by atoms with E-state index in [2.05, 4.69) is 36.5 Å². The van der Waals surface area contributed by atoms with Crippen LogP contribution in [-0.2, 0) is 11.2 Å². The number of hydrogen-bond donors (Lipinski definition) is 1. The molecule has 1 aromatic heterocycles. The van der Waals surface area contributed by atoms with Gasteiger partial charge in [-0.3, -0.25) is 4.79 Å². The summed E-state index contributed by atoms with van der Waals surface area (Å²) >= 11 is 12.5. The second-order valence-electron chi connectivity index (χ2n) is 7.31. The molecule has 28 heavy (non-hydrogen) atoms. The first-order valence-electron chi connectivity index (χ1n) is 9.52. The van der Waals surface area contributed by atoms with E-state index < -0.39 is 6.04 Å². The molecular weight excluding hydrogens is 393 g/mol. The van der Waals surface area contributed by atoms with Gasteiger partial charge in [-0.05, 0) is 44.9 Å². The third-order valence-corrected chi connectivity index (χ3v) is 5.78. The molecule has 0 spiro atoms. The van der Waals surface area contributed by atoms with Crippen LogP contribution in [0.15, 0.2) is 36.4 Å². The van der Waals surface area contributed by atoms with Gasteiger partial charge in [-0.25, -0.2) is 4.98 Å². The highest BCUT2D eigenvalue weighted by atomic mass is 35.5. The maximum atomic E-state index is 12.8. The lowest BCUT2D eigenvalue weighted by molar-refractivity contribution is -0.124. The van der Waals surface area contributed by atoms with Gasteiger partial charge in [0.2, 0.25) is 5.91 Å². The first-order chi connectivity index (χ1) is 13.3. The van der Waals surface area contributed by atoms with E-state index in [1.165, 1.54) is 5.56 Å². The number of benzene rings is 2. The molecule has 0 saturated carbocycles. The number of carbonyl (C=O) groups is 1. The molecule has 148 valence electrons. The molecule has 3 aromatic rings. The average Bonchev–Trinajstić information content (AvgIpc) is 2.99. The molecule has 0 aliphatic rings. The van der Waals surface area contributed by atoms with Crippen LogP contribution in [-0.4, -0.2) is 21.5 Å². The molecule has 2 unspecified atom stereocenters. The standard InChI is InChI=1S/C22H25Cl2N3O/c1-5-14(3)25-22(28)15(4)27-20-12-18(24)17(23)11-19(20)26-21(27)10-16-8-6-13(2)7-9-16/h6-9,11-12,14-15H,5,10H2,1-4H3,(H,25,28). The lowest BCUT2D eigenvalue weighted by Gasteiger charge is -2.20. The Morgan fingerprint density at radius 1 is 1.14 bits per heavy atom. The monoisotopic (exact) mass is 417 g/mol. The predicted octanol–water partition coefficient (Wildman–Crippen LogP) is 5.72. The maximum absolute atomic E-state index is 12.8. The number of rotatable bonds is 6. The summed E-state index contributed by atoms with van der Waals surface area (Å²) < 4.78 is 1.97. The van der Waals surface area contributed by atoms with Crippen molar-refractivity contribution in [1.29, 1.82) is 0 Å². The van der Waals surface area contributed by atoms with Gasteiger partial charge in [0.1, 0.15) is 11.9 Å². The molecular formula is C22H25Cl2N3O. The average molecular weight is 418 g/mol. The molecule has 6 heteroatoms. The van der Waals surface area contributed by atoms with E-state index in [0.29, 0.717) is 16.5 Å². The Morgan fingerprint density at radius 2 is 1.79 bits per heavy atom. The number of amides is 1. The van der Waals surface area contributed by atoms with Crippen molar-refractivity contribution in [1.82, 2.24) is 14.9 Å². The molecule has 2 atom stereocenters. The van der Waals surface area contributed by atoms with Gasteiger partial charge in [0.25, 0.3) is 0 Å². The zero-order valence-corrected chi connectivity index (χ0v) is 18.1. The number of imidazole rings is 1. The maximum Gasteiger partial charge on any atom is 0.243 e. The molecule has 0 aliphatic heterocycles. The lowest BCUT2D eigenvalue weighted by Crippen LogP contribution is -2.37. The zero-order chi connectivity index (χ0) is 20.4. The fourth-order valence-electron chi connectivity index (χ4n) is 3.17. The highest BCUT2D eigenvalue weighted by Gasteiger charge is 2.23. The lowest BCUT2D eigenvalue weighted by atomic mass is 10.1. The smallest absolute Gasteiger partial charge is 0.243 e. The van der Waals surface area contributed by atoms with E-state index in [1.807, 2.05) is 25.3 Å². The van der Waals surface area contributed by atoms with Crippen LogP contribution in [0.4, 0.5) is 0 Å². The van der Waals surface area contributed by atoms with E-state index in [4.69, 9.17) is 28.2 Å². The second kappa shape index (κ2) is 8.54. The molecule has 0 aliphatic carbocycles. The molecule has 3 rings (SSSR count). The van der Waals surface area contributed by atoms with Crippen molar-refractivity contribution >= 4 is 40.1 Å². The van der Waals surface area contributed by atoms with Gasteiger partial charge in [0.05, 0.1) is 21.1 Å². The molecule has 0 bridgehead atoms. The van der Waals surface area contributed by atoms with Crippen LogP contribution < -0.4 is 5.32 Å². The number of hydrogen-bond acceptors (Lipinski definition) is 2. The Kier molecular flexibility index (Phi) is 6.31. The van der Waals surface area contributed by atoms with Crippen LogP contribution in [0.2, 0.25) is 10.0 Å². The van der Waals surface area contributed by atoms with Crippen LogP contribution in [0.5, 0.6) is 0 Å². The Morgan fingerprint density at radius 3 is 2.43 bits per heavy atom. The second-order valence-corrected chi connectivity index (χ2v) is 8.12. The number of fused-ring (bicyclic) bond motifs is 1. The molecule has 0 fully saturated rings. The van der Waals surface area contributed by atoms with Crippen molar-refractivity contribution in [2.75, 3.05) is 0 Å². The number of carbonyl (C=O) groups excluding carboxylic acids is 1. The minimum atomic E-state index is -0.420. The first-order valence-corrected chi connectivity index (χ1v) is 10.3. The summed E-state index contributed by atoms with van der Waals surface area (Å²) in [5, 5.41) is 3.97. The SMILES string of the molecule is CCC(C)NC(=O)C(C)n1c(Cc2ccc(C)cc2)nc2cc(Cl)c(Cl)cc21. The summed E-state index contributed by atoms with van der Waals surface area (Å²) in [7, 11) is 0. The predicted molar refractivity (Wildman–Crippen MR) is 116 cm³/mol. The summed E-state index contributed by atoms with van der Waals surface area (Å²) in [5.41, 5.74) is 3.88. The number of nitrogens with zero attached hydrogens (tertiary/aromatic N) is 2. The van der Waals surface area contributed by atoms with Crippen molar-refractivity contribution in [2.45, 2.75) is 52.6 Å². The van der Waals surface area contributed by atoms with Gasteiger partial charge in [-0.2, -0.15) is 0 Å². The molecule has 4 nitrogen and oxygen atoms in total. The van der Waals surface area contributed by atoms with E-state index in [-0.39, 0.29) is 11.9 Å². The fraction of sp³-hybridized carbons (Fsp3) is 0.364. The van der Waals surface area contributed by atoms with Crippen molar-refractivity contribution in [2.24, 2.45) is 0 Å². The van der Waals surface area contributed by atoms with Crippen molar-refractivity contribution in [3.8, 4) is 0 Å². The molecule has 1 heterocycles. The van der Waals surface area contributed by atoms with E-state index in [0.717, 1.165) is 28.8 Å². The summed E-state index contributed by atoms with van der Waals surface area (Å²) in [4.78, 5) is 17.6. The van der Waals surface area contributed by atoms with Gasteiger partial charge in [0, 0.05) is 12.5 Å². The van der Waals surface area contributed by atoms with Crippen molar-refractivity contribution < 1.29 is 4.79 Å². The summed E-state index contributed by atoms with van der Waals surface area (Å²) in [6.07, 6.45) is 1.49. The number of aromatic nitrogens is 2. The fourth-order valence-corrected chi connectivity index (χ4v) is 3.48. The minimum Gasteiger partial charge on any atom is -0.352 e. The van der Waals surface area contributed by atoms with Crippen LogP contribution >= 0.6 is 23.2 Å². The molecule has 1 N–H and O–H groups in total. The van der Waals surface area contributed by atoms with E-state index >= 15 is 0 Å². The van der Waals surface area contributed by atoms with Gasteiger partial charge in [-0.1, -0.05) is 60.0 Å². The minimum absolute atomic E-state index is 0.0371. The van der Waals surface area contributed by atoms with Gasteiger partial charge < -0.3 is 9.88 Å². The van der Waals surface area contributed by atoms with E-state index in [9.17, 15) is 4.79 Å². The van der Waals surface area contributed by atoms with Crippen molar-refractivity contribution in [3.63, 3.8) is 0 Å². The number of halogens is 2. The Balaban J connectivity index is 2.07. The number of aryl methyl sites for hydroxylation is 1. The summed E-state index contributed by atoms with van der Waals surface area (Å²) in [6.45, 7) is 8.00. The zero-order valence-electron chi connectivity index (χ0n) is 16.6. The van der Waals surface area contributed by atoms with Crippen LogP contribution in [0.1, 0.15) is 50.2 Å². The van der Waals surface area contributed by atoms with Gasteiger partial charge >= 0.3 is 0 Å². The van der Waals surface area contributed by atoms with Gasteiger partial charge in [0.15, 0.2) is 0 Å². The van der Waals surface area contributed by atoms with E-state index in [1.54, 1.807) is 12.1 Å². The Hall–Kier alpha value is -2.04. The molecule has 2 aromatic carbocycles. The van der Waals surface area contributed by atoms with Crippen molar-refractivity contribution in [3.05, 3.63) is 63.4 Å². The summed E-state index contributed by atoms with van der Waals surface area (Å²) in [5.74, 6) is 0.772. The Labute approximate surface area is 175 Å². The van der Waals surface area contributed by atoms with Crippen LogP contribution in [0, 0.1) is 6.92 Å². The third kappa shape index (κ3) is 4.34. The molecule has 0 radical (unpaired) electrons. The molecule has 0 saturated heterocycles. The van der Waals surface area contributed by atoms with Crippen LogP contribution in [0.25, 0.3) is 11.0 Å². The summed E-state index contributed by atoms with van der Waals surface area (Å²) in [6, 6.07) is 11.6. The highest BCUT2D eigenvalue weighted by molar-refractivity contribution is 6.42. The Bertz CT molecular complexity index is 995. The highest BCUT2D eigenvalue weighted by Crippen LogP contribution is 2.31. The quantitative estimate of drug-likeness (QED) is 0.557.